The van der Waals surface area contributed by atoms with Gasteiger partial charge in [-0.3, -0.25) is 4.98 Å². The van der Waals surface area contributed by atoms with Gasteiger partial charge in [-0.1, -0.05) is 12.8 Å². The Kier molecular flexibility index (Phi) is 4.63. The minimum absolute atomic E-state index is 0.235. The van der Waals surface area contributed by atoms with Crippen molar-refractivity contribution in [2.24, 2.45) is 5.92 Å². The summed E-state index contributed by atoms with van der Waals surface area (Å²) < 4.78 is 0. The summed E-state index contributed by atoms with van der Waals surface area (Å²) in [5, 5.41) is 13.1. The van der Waals surface area contributed by atoms with Crippen LogP contribution in [-0.4, -0.2) is 32.7 Å². The van der Waals surface area contributed by atoms with Gasteiger partial charge in [-0.05, 0) is 31.9 Å². The maximum atomic E-state index is 9.55. The van der Waals surface area contributed by atoms with E-state index in [2.05, 4.69) is 20.3 Å². The van der Waals surface area contributed by atoms with Crippen molar-refractivity contribution in [2.75, 3.05) is 11.9 Å². The zero-order chi connectivity index (χ0) is 15.4. The minimum atomic E-state index is 0.235. The second-order valence-electron chi connectivity index (χ2n) is 5.93. The van der Waals surface area contributed by atoms with Crippen LogP contribution in [0.15, 0.2) is 30.6 Å². The molecule has 0 unspecified atom stereocenters. The molecule has 0 bridgehead atoms. The summed E-state index contributed by atoms with van der Waals surface area (Å²) in [5.41, 5.74) is 1.89. The molecule has 3 rings (SSSR count). The highest BCUT2D eigenvalue weighted by Gasteiger charge is 2.24. The Bertz CT molecular complexity index is 617. The minimum Gasteiger partial charge on any atom is -0.396 e. The van der Waals surface area contributed by atoms with Crippen LogP contribution in [0.25, 0.3) is 11.4 Å². The van der Waals surface area contributed by atoms with Crippen molar-refractivity contribution in [3.05, 3.63) is 36.3 Å². The zero-order valence-electron chi connectivity index (χ0n) is 12.9. The predicted octanol–water partition coefficient (Wildman–Crippen LogP) is 2.81. The van der Waals surface area contributed by atoms with Crippen LogP contribution in [0.5, 0.6) is 0 Å². The molecule has 22 heavy (non-hydrogen) atoms. The number of nitrogens with one attached hydrogen (secondary N) is 1. The van der Waals surface area contributed by atoms with Crippen LogP contribution in [-0.2, 0) is 0 Å². The van der Waals surface area contributed by atoms with Gasteiger partial charge in [0, 0.05) is 48.3 Å². The quantitative estimate of drug-likeness (QED) is 0.908. The van der Waals surface area contributed by atoms with Crippen molar-refractivity contribution in [3.8, 4) is 11.4 Å². The van der Waals surface area contributed by atoms with Gasteiger partial charge in [0.15, 0.2) is 5.82 Å². The van der Waals surface area contributed by atoms with Gasteiger partial charge in [-0.15, -0.1) is 0 Å². The van der Waals surface area contributed by atoms with Crippen LogP contribution in [0.1, 0.15) is 31.4 Å². The molecule has 2 aromatic heterocycles. The standard InChI is InChI=1S/C17H22N4O/c1-12-10-16(20-15-5-3-2-4-14(15)11-22)21-17(19-12)13-6-8-18-9-7-13/h6-10,14-15,22H,2-5,11H2,1H3,(H,19,20,21)/t14-,15-/m1/s1. The van der Waals surface area contributed by atoms with Crippen molar-refractivity contribution in [1.29, 1.82) is 0 Å². The molecular formula is C17H22N4O. The maximum Gasteiger partial charge on any atom is 0.161 e. The first kappa shape index (κ1) is 14.9. The van der Waals surface area contributed by atoms with Gasteiger partial charge in [0.25, 0.3) is 0 Å². The lowest BCUT2D eigenvalue weighted by atomic mass is 9.85. The third-order valence-electron chi connectivity index (χ3n) is 4.27. The van der Waals surface area contributed by atoms with E-state index in [-0.39, 0.29) is 6.61 Å². The second-order valence-corrected chi connectivity index (χ2v) is 5.93. The monoisotopic (exact) mass is 298 g/mol. The van der Waals surface area contributed by atoms with Crippen LogP contribution >= 0.6 is 0 Å². The number of rotatable bonds is 4. The first-order valence-corrected chi connectivity index (χ1v) is 7.90. The first-order chi connectivity index (χ1) is 10.8. The molecule has 1 aliphatic rings. The fraction of sp³-hybridized carbons (Fsp3) is 0.471. The third-order valence-corrected chi connectivity index (χ3v) is 4.27. The van der Waals surface area contributed by atoms with E-state index in [1.165, 1.54) is 12.8 Å². The van der Waals surface area contributed by atoms with Gasteiger partial charge in [-0.2, -0.15) is 0 Å². The number of aliphatic hydroxyl groups excluding tert-OH is 1. The van der Waals surface area contributed by atoms with Gasteiger partial charge in [-0.25, -0.2) is 9.97 Å². The smallest absolute Gasteiger partial charge is 0.161 e. The Hall–Kier alpha value is -2.01. The summed E-state index contributed by atoms with van der Waals surface area (Å²) in [7, 11) is 0. The normalized spacial score (nSPS) is 21.5. The number of hydrogen-bond acceptors (Lipinski definition) is 5. The second kappa shape index (κ2) is 6.83. The molecule has 0 aromatic carbocycles. The fourth-order valence-corrected chi connectivity index (χ4v) is 3.08. The van der Waals surface area contributed by atoms with E-state index in [0.29, 0.717) is 17.8 Å². The van der Waals surface area contributed by atoms with Crippen LogP contribution in [0.4, 0.5) is 5.82 Å². The number of aromatic nitrogens is 3. The van der Waals surface area contributed by atoms with E-state index in [1.54, 1.807) is 12.4 Å². The molecule has 0 spiro atoms. The lowest BCUT2D eigenvalue weighted by molar-refractivity contribution is 0.178. The van der Waals surface area contributed by atoms with Gasteiger partial charge in [0.05, 0.1) is 0 Å². The molecule has 0 radical (unpaired) electrons. The molecule has 2 N–H and O–H groups in total. The molecule has 1 aliphatic carbocycles. The molecule has 0 amide bonds. The van der Waals surface area contributed by atoms with E-state index in [1.807, 2.05) is 25.1 Å². The number of hydrogen-bond donors (Lipinski definition) is 2. The molecule has 0 saturated heterocycles. The summed E-state index contributed by atoms with van der Waals surface area (Å²) in [4.78, 5) is 13.2. The van der Waals surface area contributed by atoms with Crippen LogP contribution in [0.2, 0.25) is 0 Å². The topological polar surface area (TPSA) is 70.9 Å². The lowest BCUT2D eigenvalue weighted by Crippen LogP contribution is -2.34. The Morgan fingerprint density at radius 1 is 1.18 bits per heavy atom. The van der Waals surface area contributed by atoms with Gasteiger partial charge < -0.3 is 10.4 Å². The van der Waals surface area contributed by atoms with Gasteiger partial charge in [0.2, 0.25) is 0 Å². The van der Waals surface area contributed by atoms with Crippen molar-refractivity contribution in [3.63, 3.8) is 0 Å². The third kappa shape index (κ3) is 3.42. The summed E-state index contributed by atoms with van der Waals surface area (Å²) in [6.07, 6.45) is 8.06. The molecule has 1 saturated carbocycles. The number of pyridine rings is 1. The number of anilines is 1. The van der Waals surface area contributed by atoms with Crippen molar-refractivity contribution >= 4 is 5.82 Å². The fourth-order valence-electron chi connectivity index (χ4n) is 3.08. The molecule has 0 aliphatic heterocycles. The highest BCUT2D eigenvalue weighted by Crippen LogP contribution is 2.27. The first-order valence-electron chi connectivity index (χ1n) is 7.90. The molecule has 5 nitrogen and oxygen atoms in total. The largest absolute Gasteiger partial charge is 0.396 e. The summed E-state index contributed by atoms with van der Waals surface area (Å²) >= 11 is 0. The Morgan fingerprint density at radius 2 is 1.95 bits per heavy atom. The molecule has 2 heterocycles. The molecule has 116 valence electrons. The Balaban J connectivity index is 1.83. The Labute approximate surface area is 130 Å². The number of aliphatic hydroxyl groups is 1. The number of nitrogens with zero attached hydrogens (tertiary/aromatic N) is 3. The maximum absolute atomic E-state index is 9.55. The molecule has 5 heteroatoms. The highest BCUT2D eigenvalue weighted by molar-refractivity contribution is 5.56. The van der Waals surface area contributed by atoms with Crippen molar-refractivity contribution < 1.29 is 5.11 Å². The average Bonchev–Trinajstić information content (AvgIpc) is 2.56. The van der Waals surface area contributed by atoms with E-state index in [4.69, 9.17) is 0 Å². The summed E-state index contributed by atoms with van der Waals surface area (Å²) in [6, 6.07) is 6.08. The molecule has 2 aromatic rings. The molecular weight excluding hydrogens is 276 g/mol. The van der Waals surface area contributed by atoms with Crippen molar-refractivity contribution in [1.82, 2.24) is 15.0 Å². The lowest BCUT2D eigenvalue weighted by Gasteiger charge is -2.31. The Morgan fingerprint density at radius 3 is 2.73 bits per heavy atom. The van der Waals surface area contributed by atoms with Crippen LogP contribution in [0, 0.1) is 12.8 Å². The SMILES string of the molecule is Cc1cc(N[C@@H]2CCCC[C@@H]2CO)nc(-c2ccncc2)n1. The molecule has 1 fully saturated rings. The zero-order valence-corrected chi connectivity index (χ0v) is 12.9. The summed E-state index contributed by atoms with van der Waals surface area (Å²) in [6.45, 7) is 2.21. The average molecular weight is 298 g/mol. The van der Waals surface area contributed by atoms with E-state index >= 15 is 0 Å². The molecule has 2 atom stereocenters. The van der Waals surface area contributed by atoms with E-state index < -0.39 is 0 Å². The summed E-state index contributed by atoms with van der Waals surface area (Å²) in [5.74, 6) is 1.86. The van der Waals surface area contributed by atoms with Crippen molar-refractivity contribution in [2.45, 2.75) is 38.6 Å². The van der Waals surface area contributed by atoms with E-state index in [0.717, 1.165) is 29.9 Å². The highest BCUT2D eigenvalue weighted by atomic mass is 16.3. The van der Waals surface area contributed by atoms with Gasteiger partial charge in [0.1, 0.15) is 5.82 Å². The van der Waals surface area contributed by atoms with E-state index in [9.17, 15) is 5.11 Å². The predicted molar refractivity (Wildman–Crippen MR) is 86.5 cm³/mol. The van der Waals surface area contributed by atoms with Gasteiger partial charge >= 0.3 is 0 Å². The van der Waals surface area contributed by atoms with Crippen LogP contribution < -0.4 is 5.32 Å². The number of aryl methyl sites for hydroxylation is 1. The van der Waals surface area contributed by atoms with Crippen LogP contribution in [0.3, 0.4) is 0 Å².